The quantitative estimate of drug-likeness (QED) is 0.747. The van der Waals surface area contributed by atoms with Crippen LogP contribution < -0.4 is 0 Å². The van der Waals surface area contributed by atoms with Crippen LogP contribution in [0, 0.1) is 5.92 Å². The molecule has 20 heavy (non-hydrogen) atoms. The Labute approximate surface area is 118 Å². The smallest absolute Gasteiger partial charge is 0.347 e. The van der Waals surface area contributed by atoms with Crippen LogP contribution in [0.15, 0.2) is 30.3 Å². The number of rotatable bonds is 6. The average Bonchev–Trinajstić information content (AvgIpc) is 2.45. The fraction of sp³-hybridized carbons (Fsp3) is 0.467. The highest BCUT2D eigenvalue weighted by atomic mass is 16.6. The number of carbonyl (C=O) groups is 2. The van der Waals surface area contributed by atoms with Gasteiger partial charge in [-0.05, 0) is 5.56 Å². The molecule has 1 unspecified atom stereocenters. The predicted molar refractivity (Wildman–Crippen MR) is 72.9 cm³/mol. The van der Waals surface area contributed by atoms with Gasteiger partial charge in [-0.15, -0.1) is 0 Å². The molecule has 0 saturated heterocycles. The molecule has 1 aromatic rings. The summed E-state index contributed by atoms with van der Waals surface area (Å²) in [5, 5.41) is 0. The molecule has 0 radical (unpaired) electrons. The third-order valence-electron chi connectivity index (χ3n) is 2.83. The highest BCUT2D eigenvalue weighted by Gasteiger charge is 2.31. The second kappa shape index (κ2) is 7.65. The molecule has 1 rings (SSSR count). The summed E-state index contributed by atoms with van der Waals surface area (Å²) in [6, 6.07) is 8.96. The summed E-state index contributed by atoms with van der Waals surface area (Å²) in [7, 11) is 2.68. The van der Waals surface area contributed by atoms with E-state index in [9.17, 15) is 9.59 Å². The molecule has 0 aromatic heterocycles. The van der Waals surface area contributed by atoms with Gasteiger partial charge in [-0.25, -0.2) is 9.59 Å². The minimum atomic E-state index is -0.936. The minimum Gasteiger partial charge on any atom is -0.466 e. The Morgan fingerprint density at radius 3 is 2.05 bits per heavy atom. The molecule has 0 N–H and O–H groups in total. The minimum absolute atomic E-state index is 0.181. The first-order valence-electron chi connectivity index (χ1n) is 6.37. The fourth-order valence-electron chi connectivity index (χ4n) is 1.76. The number of hydrogen-bond donors (Lipinski definition) is 0. The summed E-state index contributed by atoms with van der Waals surface area (Å²) in [4.78, 5) is 23.8. The van der Waals surface area contributed by atoms with Crippen molar-refractivity contribution in [3.63, 3.8) is 0 Å². The van der Waals surface area contributed by atoms with Crippen LogP contribution >= 0.6 is 0 Å². The van der Waals surface area contributed by atoms with Crippen molar-refractivity contribution in [2.45, 2.75) is 26.1 Å². The molecule has 0 amide bonds. The lowest BCUT2D eigenvalue weighted by Gasteiger charge is -2.22. The molecule has 0 bridgehead atoms. The Balaban J connectivity index is 2.84. The summed E-state index contributed by atoms with van der Waals surface area (Å²) in [6.45, 7) is 3.55. The van der Waals surface area contributed by atoms with E-state index in [1.54, 1.807) is 38.1 Å². The van der Waals surface area contributed by atoms with Gasteiger partial charge in [0.1, 0.15) is 0 Å². The predicted octanol–water partition coefficient (Wildman–Crippen LogP) is 2.11. The molecule has 0 saturated carbocycles. The molecule has 0 aliphatic heterocycles. The van der Waals surface area contributed by atoms with Crippen molar-refractivity contribution in [3.8, 4) is 0 Å². The SMILES string of the molecule is COC(=O)[C@@H](OC(=O)C(OC)c1ccccc1)C(C)C. The summed E-state index contributed by atoms with van der Waals surface area (Å²) in [6.07, 6.45) is -1.80. The first-order valence-corrected chi connectivity index (χ1v) is 6.37. The van der Waals surface area contributed by atoms with Gasteiger partial charge in [0.05, 0.1) is 7.11 Å². The standard InChI is InChI=1S/C15H20O5/c1-10(2)12(14(16)19-4)20-15(17)13(18-3)11-8-6-5-7-9-11/h5-10,12-13H,1-4H3/t12-,13?/m0/s1. The fourth-order valence-corrected chi connectivity index (χ4v) is 1.76. The second-order valence-electron chi connectivity index (χ2n) is 4.65. The highest BCUT2D eigenvalue weighted by Crippen LogP contribution is 2.20. The Kier molecular flexibility index (Phi) is 6.18. The summed E-state index contributed by atoms with van der Waals surface area (Å²) in [5.41, 5.74) is 0.673. The van der Waals surface area contributed by atoms with Gasteiger partial charge < -0.3 is 14.2 Å². The van der Waals surface area contributed by atoms with E-state index in [0.717, 1.165) is 0 Å². The van der Waals surface area contributed by atoms with Gasteiger partial charge in [0.15, 0.2) is 6.10 Å². The van der Waals surface area contributed by atoms with E-state index in [2.05, 4.69) is 4.74 Å². The van der Waals surface area contributed by atoms with E-state index in [4.69, 9.17) is 9.47 Å². The van der Waals surface area contributed by atoms with Crippen molar-refractivity contribution in [2.75, 3.05) is 14.2 Å². The average molecular weight is 280 g/mol. The maximum atomic E-state index is 12.2. The van der Waals surface area contributed by atoms with Crippen LogP contribution in [0.4, 0.5) is 0 Å². The lowest BCUT2D eigenvalue weighted by Crippen LogP contribution is -2.35. The van der Waals surface area contributed by atoms with Gasteiger partial charge in [-0.2, -0.15) is 0 Å². The first kappa shape index (κ1) is 16.2. The van der Waals surface area contributed by atoms with Crippen molar-refractivity contribution in [2.24, 2.45) is 5.92 Å². The van der Waals surface area contributed by atoms with E-state index >= 15 is 0 Å². The van der Waals surface area contributed by atoms with Crippen molar-refractivity contribution in [1.82, 2.24) is 0 Å². The number of ether oxygens (including phenoxy) is 3. The lowest BCUT2D eigenvalue weighted by atomic mass is 10.1. The number of methoxy groups -OCH3 is 2. The van der Waals surface area contributed by atoms with Crippen LogP contribution in [0.2, 0.25) is 0 Å². The van der Waals surface area contributed by atoms with Gasteiger partial charge in [0, 0.05) is 13.0 Å². The lowest BCUT2D eigenvalue weighted by molar-refractivity contribution is -0.176. The molecular weight excluding hydrogens is 260 g/mol. The molecule has 0 fully saturated rings. The van der Waals surface area contributed by atoms with Gasteiger partial charge in [0.2, 0.25) is 6.10 Å². The summed E-state index contributed by atoms with van der Waals surface area (Å²) < 4.78 is 15.0. The zero-order valence-electron chi connectivity index (χ0n) is 12.2. The molecule has 2 atom stereocenters. The van der Waals surface area contributed by atoms with E-state index in [-0.39, 0.29) is 5.92 Å². The number of carbonyl (C=O) groups excluding carboxylic acids is 2. The zero-order valence-corrected chi connectivity index (χ0v) is 12.2. The van der Waals surface area contributed by atoms with Gasteiger partial charge in [-0.3, -0.25) is 0 Å². The molecule has 0 aliphatic carbocycles. The molecule has 110 valence electrons. The van der Waals surface area contributed by atoms with Gasteiger partial charge in [0.25, 0.3) is 0 Å². The molecule has 5 nitrogen and oxygen atoms in total. The largest absolute Gasteiger partial charge is 0.466 e. The molecule has 0 heterocycles. The molecule has 0 aliphatic rings. The topological polar surface area (TPSA) is 61.8 Å². The third kappa shape index (κ3) is 4.06. The maximum Gasteiger partial charge on any atom is 0.347 e. The van der Waals surface area contributed by atoms with Crippen molar-refractivity contribution in [1.29, 1.82) is 0 Å². The van der Waals surface area contributed by atoms with Crippen LogP contribution in [-0.4, -0.2) is 32.3 Å². The van der Waals surface area contributed by atoms with Crippen LogP contribution in [0.25, 0.3) is 0 Å². The van der Waals surface area contributed by atoms with Gasteiger partial charge in [-0.1, -0.05) is 44.2 Å². The Bertz CT molecular complexity index is 441. The molecular formula is C15H20O5. The molecule has 1 aromatic carbocycles. The number of esters is 2. The highest BCUT2D eigenvalue weighted by molar-refractivity contribution is 5.82. The van der Waals surface area contributed by atoms with Gasteiger partial charge >= 0.3 is 11.9 Å². The maximum absolute atomic E-state index is 12.2. The van der Waals surface area contributed by atoms with Crippen molar-refractivity contribution in [3.05, 3.63) is 35.9 Å². The van der Waals surface area contributed by atoms with Crippen LogP contribution in [-0.2, 0) is 23.8 Å². The van der Waals surface area contributed by atoms with Crippen molar-refractivity contribution < 1.29 is 23.8 Å². The number of hydrogen-bond acceptors (Lipinski definition) is 5. The Hall–Kier alpha value is -1.88. The third-order valence-corrected chi connectivity index (χ3v) is 2.83. The van der Waals surface area contributed by atoms with Crippen molar-refractivity contribution >= 4 is 11.9 Å². The molecule has 5 heteroatoms. The summed E-state index contributed by atoms with van der Waals surface area (Å²) in [5.74, 6) is -1.36. The van der Waals surface area contributed by atoms with E-state index in [0.29, 0.717) is 5.56 Å². The monoisotopic (exact) mass is 280 g/mol. The normalized spacial score (nSPS) is 13.7. The zero-order chi connectivity index (χ0) is 15.1. The first-order chi connectivity index (χ1) is 9.51. The van der Waals surface area contributed by atoms with Crippen LogP contribution in [0.3, 0.4) is 0 Å². The van der Waals surface area contributed by atoms with E-state index < -0.39 is 24.1 Å². The Morgan fingerprint density at radius 1 is 1.00 bits per heavy atom. The number of benzene rings is 1. The van der Waals surface area contributed by atoms with E-state index in [1.165, 1.54) is 14.2 Å². The Morgan fingerprint density at radius 2 is 1.60 bits per heavy atom. The molecule has 0 spiro atoms. The van der Waals surface area contributed by atoms with Crippen LogP contribution in [0.1, 0.15) is 25.5 Å². The second-order valence-corrected chi connectivity index (χ2v) is 4.65. The van der Waals surface area contributed by atoms with Crippen LogP contribution in [0.5, 0.6) is 0 Å². The summed E-state index contributed by atoms with van der Waals surface area (Å²) >= 11 is 0. The van der Waals surface area contributed by atoms with E-state index in [1.807, 2.05) is 6.07 Å².